The number of anilines is 2. The first-order chi connectivity index (χ1) is 19.1. The number of imidazole rings is 1. The van der Waals surface area contributed by atoms with Gasteiger partial charge in [-0.2, -0.15) is 9.49 Å². The van der Waals surface area contributed by atoms with Crippen LogP contribution in [-0.2, 0) is 7.05 Å². The maximum absolute atomic E-state index is 13.7. The van der Waals surface area contributed by atoms with Gasteiger partial charge in [0.15, 0.2) is 0 Å². The number of amides is 1. The molecule has 3 aromatic heterocycles. The quantitative estimate of drug-likeness (QED) is 0.259. The molecule has 2 aromatic carbocycles. The minimum absolute atomic E-state index is 0.0397. The second-order valence-electron chi connectivity index (χ2n) is 8.35. The number of halogens is 4. The normalized spacial score (nSPS) is 11.3. The Hall–Kier alpha value is -5.27. The summed E-state index contributed by atoms with van der Waals surface area (Å²) in [7, 11) is 3.25. The summed E-state index contributed by atoms with van der Waals surface area (Å²) in [6, 6.07) is 13.1. The fourth-order valence-electron chi connectivity index (χ4n) is 3.88. The number of pyridine rings is 1. The Morgan fingerprint density at radius 3 is 2.58 bits per heavy atom. The summed E-state index contributed by atoms with van der Waals surface area (Å²) < 4.78 is 64.4. The fraction of sp³-hybridized carbons (Fsp3) is 0.115. The third kappa shape index (κ3) is 5.75. The molecular weight excluding hydrogens is 534 g/mol. The Kier molecular flexibility index (Phi) is 6.90. The van der Waals surface area contributed by atoms with Crippen LogP contribution in [0.3, 0.4) is 0 Å². The molecule has 0 atom stereocenters. The number of nitrogens with one attached hydrogen (secondary N) is 2. The number of benzene rings is 2. The molecular formula is C26H19F4N7O3. The standard InChI is InChI=1S/C26H19F4N7O3/c1-31-24(38)20-12-17(7-8-32-20)39-16-4-5-21-19(11-16)35-25(37(21)2)34-15-3-6-22(40-26(28,29)30)18(10-15)14-9-23(27)36-33-13-14/h3-13H,1-2H3,(H,31,38)(H,34,35). The minimum atomic E-state index is -4.96. The number of aromatic nitrogens is 5. The van der Waals surface area contributed by atoms with Gasteiger partial charge in [0.1, 0.15) is 22.9 Å². The fourth-order valence-corrected chi connectivity index (χ4v) is 3.88. The van der Waals surface area contributed by atoms with E-state index in [9.17, 15) is 22.4 Å². The van der Waals surface area contributed by atoms with E-state index in [2.05, 4.69) is 35.5 Å². The van der Waals surface area contributed by atoms with Crippen molar-refractivity contribution in [2.24, 2.45) is 7.05 Å². The molecule has 0 aliphatic heterocycles. The van der Waals surface area contributed by atoms with Crippen LogP contribution in [0.5, 0.6) is 17.2 Å². The average molecular weight is 553 g/mol. The maximum Gasteiger partial charge on any atom is 0.573 e. The van der Waals surface area contributed by atoms with Gasteiger partial charge in [0.05, 0.1) is 17.2 Å². The van der Waals surface area contributed by atoms with Gasteiger partial charge in [-0.1, -0.05) is 0 Å². The summed E-state index contributed by atoms with van der Waals surface area (Å²) in [5, 5.41) is 12.2. The SMILES string of the molecule is CNC(=O)c1cc(Oc2ccc3c(c2)nc(Nc2ccc(OC(F)(F)F)c(-c4cnnc(F)c4)c2)n3C)ccn1. The Balaban J connectivity index is 1.44. The molecule has 0 radical (unpaired) electrons. The number of hydrogen-bond acceptors (Lipinski definition) is 8. The highest BCUT2D eigenvalue weighted by Crippen LogP contribution is 2.37. The largest absolute Gasteiger partial charge is 0.573 e. The first kappa shape index (κ1) is 26.3. The molecule has 3 heterocycles. The molecule has 0 aliphatic carbocycles. The molecule has 0 saturated heterocycles. The van der Waals surface area contributed by atoms with Crippen LogP contribution in [0, 0.1) is 5.95 Å². The van der Waals surface area contributed by atoms with Gasteiger partial charge < -0.3 is 24.7 Å². The monoisotopic (exact) mass is 553 g/mol. The Bertz CT molecular complexity index is 1720. The van der Waals surface area contributed by atoms with Gasteiger partial charge in [0, 0.05) is 55.3 Å². The highest BCUT2D eigenvalue weighted by atomic mass is 19.4. The molecule has 5 rings (SSSR count). The molecule has 204 valence electrons. The average Bonchev–Trinajstić information content (AvgIpc) is 3.22. The Morgan fingerprint density at radius 1 is 1.02 bits per heavy atom. The van der Waals surface area contributed by atoms with E-state index in [4.69, 9.17) is 4.74 Å². The number of fused-ring (bicyclic) bond motifs is 1. The van der Waals surface area contributed by atoms with E-state index in [1.165, 1.54) is 31.4 Å². The predicted octanol–water partition coefficient (Wildman–Crippen LogP) is 5.36. The van der Waals surface area contributed by atoms with Crippen LogP contribution in [0.1, 0.15) is 10.5 Å². The van der Waals surface area contributed by atoms with Gasteiger partial charge >= 0.3 is 6.36 Å². The molecule has 1 amide bonds. The van der Waals surface area contributed by atoms with E-state index in [-0.39, 0.29) is 22.7 Å². The van der Waals surface area contributed by atoms with Crippen LogP contribution in [-0.4, -0.2) is 44.0 Å². The number of hydrogen-bond donors (Lipinski definition) is 2. The van der Waals surface area contributed by atoms with Crippen molar-refractivity contribution < 1.29 is 31.8 Å². The predicted molar refractivity (Wildman–Crippen MR) is 136 cm³/mol. The molecule has 0 saturated carbocycles. The topological polar surface area (TPSA) is 116 Å². The maximum atomic E-state index is 13.7. The lowest BCUT2D eigenvalue weighted by atomic mass is 10.1. The van der Waals surface area contributed by atoms with Crippen molar-refractivity contribution in [1.82, 2.24) is 30.0 Å². The van der Waals surface area contributed by atoms with Crippen molar-refractivity contribution in [3.63, 3.8) is 0 Å². The molecule has 14 heteroatoms. The molecule has 5 aromatic rings. The number of ether oxygens (including phenoxy) is 2. The summed E-state index contributed by atoms with van der Waals surface area (Å²) in [4.78, 5) is 20.4. The smallest absolute Gasteiger partial charge is 0.457 e. The van der Waals surface area contributed by atoms with Crippen LogP contribution < -0.4 is 20.1 Å². The summed E-state index contributed by atoms with van der Waals surface area (Å²) in [5.74, 6) is -0.626. The first-order valence-corrected chi connectivity index (χ1v) is 11.6. The van der Waals surface area contributed by atoms with Crippen molar-refractivity contribution in [3.05, 3.63) is 78.6 Å². The van der Waals surface area contributed by atoms with Gasteiger partial charge in [-0.15, -0.1) is 18.3 Å². The van der Waals surface area contributed by atoms with Gasteiger partial charge in [0.2, 0.25) is 11.9 Å². The van der Waals surface area contributed by atoms with Crippen molar-refractivity contribution in [1.29, 1.82) is 0 Å². The van der Waals surface area contributed by atoms with Crippen molar-refractivity contribution in [3.8, 4) is 28.4 Å². The summed E-state index contributed by atoms with van der Waals surface area (Å²) in [6.45, 7) is 0. The third-order valence-electron chi connectivity index (χ3n) is 5.68. The van der Waals surface area contributed by atoms with E-state index < -0.39 is 18.1 Å². The molecule has 0 aliphatic rings. The highest BCUT2D eigenvalue weighted by Gasteiger charge is 2.32. The molecule has 0 bridgehead atoms. The third-order valence-corrected chi connectivity index (χ3v) is 5.68. The van der Waals surface area contributed by atoms with Crippen molar-refractivity contribution in [2.75, 3.05) is 12.4 Å². The second kappa shape index (κ2) is 10.5. The van der Waals surface area contributed by atoms with Crippen molar-refractivity contribution in [2.45, 2.75) is 6.36 Å². The van der Waals surface area contributed by atoms with E-state index in [1.807, 2.05) is 0 Å². The lowest BCUT2D eigenvalue weighted by molar-refractivity contribution is -0.274. The second-order valence-corrected chi connectivity index (χ2v) is 8.35. The van der Waals surface area contributed by atoms with Crippen LogP contribution in [0.4, 0.5) is 29.2 Å². The minimum Gasteiger partial charge on any atom is -0.457 e. The van der Waals surface area contributed by atoms with Crippen LogP contribution in [0.15, 0.2) is 67.0 Å². The first-order valence-electron chi connectivity index (χ1n) is 11.6. The molecule has 0 spiro atoms. The van der Waals surface area contributed by atoms with Crippen LogP contribution in [0.2, 0.25) is 0 Å². The van der Waals surface area contributed by atoms with E-state index in [1.54, 1.807) is 35.9 Å². The lowest BCUT2D eigenvalue weighted by Crippen LogP contribution is -2.18. The van der Waals surface area contributed by atoms with Crippen LogP contribution >= 0.6 is 0 Å². The van der Waals surface area contributed by atoms with Crippen molar-refractivity contribution >= 4 is 28.6 Å². The summed E-state index contributed by atoms with van der Waals surface area (Å²) in [5.41, 5.74) is 1.82. The molecule has 2 N–H and O–H groups in total. The van der Waals surface area contributed by atoms with Gasteiger partial charge in [-0.05, 0) is 36.4 Å². The summed E-state index contributed by atoms with van der Waals surface area (Å²) in [6.07, 6.45) is -2.38. The van der Waals surface area contributed by atoms with Gasteiger partial charge in [0.25, 0.3) is 5.91 Å². The molecule has 10 nitrogen and oxygen atoms in total. The lowest BCUT2D eigenvalue weighted by Gasteiger charge is -2.15. The number of rotatable bonds is 7. The molecule has 0 unspecified atom stereocenters. The van der Waals surface area contributed by atoms with Gasteiger partial charge in [-0.25, -0.2) is 4.98 Å². The molecule has 0 fully saturated rings. The zero-order valence-electron chi connectivity index (χ0n) is 20.8. The number of alkyl halides is 3. The van der Waals surface area contributed by atoms with E-state index in [0.29, 0.717) is 28.7 Å². The highest BCUT2D eigenvalue weighted by molar-refractivity contribution is 5.92. The Labute approximate surface area is 223 Å². The zero-order valence-corrected chi connectivity index (χ0v) is 20.8. The summed E-state index contributed by atoms with van der Waals surface area (Å²) >= 11 is 0. The number of aryl methyl sites for hydroxylation is 1. The van der Waals surface area contributed by atoms with Gasteiger partial charge in [-0.3, -0.25) is 9.78 Å². The number of carbonyl (C=O) groups is 1. The van der Waals surface area contributed by atoms with Crippen LogP contribution in [0.25, 0.3) is 22.2 Å². The number of carbonyl (C=O) groups excluding carboxylic acids is 1. The zero-order chi connectivity index (χ0) is 28.4. The Morgan fingerprint density at radius 2 is 1.82 bits per heavy atom. The number of nitrogens with zero attached hydrogens (tertiary/aromatic N) is 5. The van der Waals surface area contributed by atoms with E-state index >= 15 is 0 Å². The van der Waals surface area contributed by atoms with E-state index in [0.717, 1.165) is 23.8 Å². The molecule has 40 heavy (non-hydrogen) atoms.